The Kier molecular flexibility index (Phi) is 1.76. The van der Waals surface area contributed by atoms with E-state index in [9.17, 15) is 9.59 Å². The number of carbonyl (C=O) groups is 2. The molecule has 0 radical (unpaired) electrons. The van der Waals surface area contributed by atoms with Gasteiger partial charge in [0.25, 0.3) is 5.95 Å². The van der Waals surface area contributed by atoms with Crippen molar-refractivity contribution in [2.24, 2.45) is 0 Å². The molecular formula is C7H6O4. The fraction of sp³-hybridized carbons (Fsp3) is 0.143. The van der Waals surface area contributed by atoms with E-state index < -0.39 is 0 Å². The summed E-state index contributed by atoms with van der Waals surface area (Å²) in [7, 11) is 0. The molecule has 0 spiro atoms. The van der Waals surface area contributed by atoms with Gasteiger partial charge in [0, 0.05) is 5.56 Å². The van der Waals surface area contributed by atoms with E-state index in [4.69, 9.17) is 5.11 Å². The number of hydrogen-bond donors (Lipinski definition) is 1. The second-order valence-electron chi connectivity index (χ2n) is 2.05. The maximum Gasteiger partial charge on any atom is 0.286 e. The van der Waals surface area contributed by atoms with Crippen molar-refractivity contribution in [3.8, 4) is 5.95 Å². The largest absolute Gasteiger partial charge is 0.480 e. The normalized spacial score (nSPS) is 9.55. The van der Waals surface area contributed by atoms with Crippen LogP contribution in [0.2, 0.25) is 0 Å². The molecule has 0 saturated heterocycles. The Morgan fingerprint density at radius 3 is 2.36 bits per heavy atom. The van der Waals surface area contributed by atoms with Crippen LogP contribution in [-0.4, -0.2) is 17.7 Å². The summed E-state index contributed by atoms with van der Waals surface area (Å²) in [5, 5.41) is 8.90. The monoisotopic (exact) mass is 154 g/mol. The fourth-order valence-electron chi connectivity index (χ4n) is 0.770. The van der Waals surface area contributed by atoms with E-state index in [0.29, 0.717) is 18.1 Å². The first-order valence-corrected chi connectivity index (χ1v) is 2.93. The van der Waals surface area contributed by atoms with Gasteiger partial charge in [0.1, 0.15) is 0 Å². The zero-order chi connectivity index (χ0) is 8.43. The van der Waals surface area contributed by atoms with Crippen LogP contribution < -0.4 is 0 Å². The van der Waals surface area contributed by atoms with Crippen LogP contribution in [0, 0.1) is 6.92 Å². The molecular weight excluding hydrogens is 148 g/mol. The number of carbonyl (C=O) groups excluding carboxylic acids is 2. The second-order valence-corrected chi connectivity index (χ2v) is 2.05. The summed E-state index contributed by atoms with van der Waals surface area (Å²) in [6.45, 7) is 1.50. The number of aldehydes is 2. The van der Waals surface area contributed by atoms with Gasteiger partial charge in [0.05, 0.1) is 5.56 Å². The molecule has 0 aromatic carbocycles. The van der Waals surface area contributed by atoms with E-state index in [2.05, 4.69) is 4.42 Å². The molecule has 1 rings (SSSR count). The molecule has 0 saturated carbocycles. The van der Waals surface area contributed by atoms with E-state index in [1.54, 1.807) is 0 Å². The van der Waals surface area contributed by atoms with Gasteiger partial charge in [-0.2, -0.15) is 0 Å². The highest BCUT2D eigenvalue weighted by molar-refractivity contribution is 5.90. The SMILES string of the molecule is Cc1c(O)oc(C=O)c1C=O. The van der Waals surface area contributed by atoms with Gasteiger partial charge in [-0.25, -0.2) is 0 Å². The zero-order valence-electron chi connectivity index (χ0n) is 5.83. The topological polar surface area (TPSA) is 67.5 Å². The third-order valence-corrected chi connectivity index (χ3v) is 1.42. The van der Waals surface area contributed by atoms with Gasteiger partial charge in [-0.1, -0.05) is 0 Å². The lowest BCUT2D eigenvalue weighted by Crippen LogP contribution is -1.85. The van der Waals surface area contributed by atoms with Gasteiger partial charge in [0.15, 0.2) is 18.3 Å². The molecule has 0 atom stereocenters. The van der Waals surface area contributed by atoms with Crippen molar-refractivity contribution >= 4 is 12.6 Å². The van der Waals surface area contributed by atoms with Gasteiger partial charge >= 0.3 is 0 Å². The van der Waals surface area contributed by atoms with Gasteiger partial charge < -0.3 is 9.52 Å². The van der Waals surface area contributed by atoms with E-state index in [1.165, 1.54) is 6.92 Å². The number of hydrogen-bond acceptors (Lipinski definition) is 4. The highest BCUT2D eigenvalue weighted by Gasteiger charge is 2.14. The summed E-state index contributed by atoms with van der Waals surface area (Å²) in [5.74, 6) is -0.510. The van der Waals surface area contributed by atoms with Crippen molar-refractivity contribution in [1.29, 1.82) is 0 Å². The van der Waals surface area contributed by atoms with Crippen molar-refractivity contribution in [2.75, 3.05) is 0 Å². The van der Waals surface area contributed by atoms with E-state index in [0.717, 1.165) is 0 Å². The van der Waals surface area contributed by atoms with Crippen LogP contribution in [0.3, 0.4) is 0 Å². The van der Waals surface area contributed by atoms with Crippen LogP contribution in [0.1, 0.15) is 26.5 Å². The van der Waals surface area contributed by atoms with Gasteiger partial charge in [-0.3, -0.25) is 9.59 Å². The Bertz CT molecular complexity index is 298. The summed E-state index contributed by atoms with van der Waals surface area (Å²) >= 11 is 0. The molecule has 1 aromatic heterocycles. The van der Waals surface area contributed by atoms with Gasteiger partial charge in [-0.05, 0) is 6.92 Å². The molecule has 0 unspecified atom stereocenters. The summed E-state index contributed by atoms with van der Waals surface area (Å²) in [6, 6.07) is 0. The van der Waals surface area contributed by atoms with Crippen LogP contribution >= 0.6 is 0 Å². The fourth-order valence-corrected chi connectivity index (χ4v) is 0.770. The highest BCUT2D eigenvalue weighted by atomic mass is 16.5. The maximum absolute atomic E-state index is 10.3. The third kappa shape index (κ3) is 1.02. The molecule has 1 heterocycles. The molecule has 0 fully saturated rings. The average Bonchev–Trinajstić information content (AvgIpc) is 2.28. The van der Waals surface area contributed by atoms with Crippen LogP contribution in [0.5, 0.6) is 5.95 Å². The summed E-state index contributed by atoms with van der Waals surface area (Å²) < 4.78 is 4.54. The lowest BCUT2D eigenvalue weighted by molar-refractivity contribution is 0.107. The Morgan fingerprint density at radius 1 is 1.36 bits per heavy atom. The molecule has 4 heteroatoms. The van der Waals surface area contributed by atoms with E-state index >= 15 is 0 Å². The predicted octanol–water partition coefficient (Wildman–Crippen LogP) is 0.919. The first kappa shape index (κ1) is 7.53. The zero-order valence-corrected chi connectivity index (χ0v) is 5.83. The number of rotatable bonds is 2. The smallest absolute Gasteiger partial charge is 0.286 e. The Hall–Kier alpha value is -1.58. The van der Waals surface area contributed by atoms with E-state index in [-0.39, 0.29) is 17.3 Å². The van der Waals surface area contributed by atoms with Crippen molar-refractivity contribution in [1.82, 2.24) is 0 Å². The summed E-state index contributed by atoms with van der Waals surface area (Å²) in [5.41, 5.74) is 0.402. The minimum absolute atomic E-state index is 0.109. The molecule has 11 heavy (non-hydrogen) atoms. The minimum Gasteiger partial charge on any atom is -0.480 e. The first-order valence-electron chi connectivity index (χ1n) is 2.93. The van der Waals surface area contributed by atoms with Gasteiger partial charge in [-0.15, -0.1) is 0 Å². The molecule has 1 N–H and O–H groups in total. The minimum atomic E-state index is -0.380. The average molecular weight is 154 g/mol. The Labute approximate surface area is 62.4 Å². The molecule has 0 amide bonds. The number of aromatic hydroxyl groups is 1. The molecule has 0 aliphatic carbocycles. The van der Waals surface area contributed by atoms with Crippen LogP contribution in [0.15, 0.2) is 4.42 Å². The molecule has 0 aliphatic rings. The quantitative estimate of drug-likeness (QED) is 0.643. The predicted molar refractivity (Wildman–Crippen MR) is 35.9 cm³/mol. The summed E-state index contributed by atoms with van der Waals surface area (Å²) in [4.78, 5) is 20.5. The van der Waals surface area contributed by atoms with Crippen LogP contribution in [-0.2, 0) is 0 Å². The van der Waals surface area contributed by atoms with Gasteiger partial charge in [0.2, 0.25) is 0 Å². The lowest BCUT2D eigenvalue weighted by atomic mass is 10.2. The van der Waals surface area contributed by atoms with E-state index in [1.807, 2.05) is 0 Å². The standard InChI is InChI=1S/C7H6O4/c1-4-5(2-8)6(3-9)11-7(4)10/h2-3,10H,1H3. The third-order valence-electron chi connectivity index (χ3n) is 1.42. The molecule has 4 nitrogen and oxygen atoms in total. The maximum atomic E-state index is 10.3. The molecule has 0 bridgehead atoms. The number of furan rings is 1. The first-order chi connectivity index (χ1) is 5.20. The van der Waals surface area contributed by atoms with Crippen molar-refractivity contribution in [3.05, 3.63) is 16.9 Å². The van der Waals surface area contributed by atoms with Crippen molar-refractivity contribution < 1.29 is 19.1 Å². The highest BCUT2D eigenvalue weighted by Crippen LogP contribution is 2.24. The molecule has 58 valence electrons. The van der Waals surface area contributed by atoms with Crippen molar-refractivity contribution in [2.45, 2.75) is 6.92 Å². The Morgan fingerprint density at radius 2 is 2.00 bits per heavy atom. The molecule has 1 aromatic rings. The summed E-state index contributed by atoms with van der Waals surface area (Å²) in [6.07, 6.45) is 0.860. The van der Waals surface area contributed by atoms with Crippen molar-refractivity contribution in [3.63, 3.8) is 0 Å². The second kappa shape index (κ2) is 2.57. The van der Waals surface area contributed by atoms with Crippen LogP contribution in [0.4, 0.5) is 0 Å². The lowest BCUT2D eigenvalue weighted by Gasteiger charge is -1.82. The van der Waals surface area contributed by atoms with Crippen LogP contribution in [0.25, 0.3) is 0 Å². The molecule has 0 aliphatic heterocycles. The Balaban J connectivity index is 3.37.